The fraction of sp³-hybridized carbons (Fsp3) is 0.250. The normalized spacial score (nSPS) is 12.2. The van der Waals surface area contributed by atoms with Gasteiger partial charge in [0.2, 0.25) is 10.0 Å². The lowest BCUT2D eigenvalue weighted by atomic mass is 10.2. The van der Waals surface area contributed by atoms with Crippen LogP contribution in [0.15, 0.2) is 58.3 Å². The molecule has 136 valence electrons. The zero-order valence-electron chi connectivity index (χ0n) is 13.4. The first-order valence-corrected chi connectivity index (χ1v) is 10.5. The van der Waals surface area contributed by atoms with Gasteiger partial charge in [-0.05, 0) is 54.8 Å². The van der Waals surface area contributed by atoms with E-state index >= 15 is 0 Å². The summed E-state index contributed by atoms with van der Waals surface area (Å²) in [5, 5.41) is 0. The van der Waals surface area contributed by atoms with Gasteiger partial charge in [0.05, 0.1) is 9.79 Å². The summed E-state index contributed by atoms with van der Waals surface area (Å²) in [7, 11) is -7.84. The van der Waals surface area contributed by atoms with Gasteiger partial charge in [-0.2, -0.15) is 8.42 Å². The van der Waals surface area contributed by atoms with E-state index < -0.39 is 20.1 Å². The lowest BCUT2D eigenvalue weighted by Gasteiger charge is -2.08. The zero-order valence-corrected chi connectivity index (χ0v) is 15.1. The molecule has 0 amide bonds. The Morgan fingerprint density at radius 3 is 1.76 bits per heavy atom. The number of hydrogen-bond acceptors (Lipinski definition) is 5. The van der Waals surface area contributed by atoms with Crippen molar-refractivity contribution in [3.05, 3.63) is 59.7 Å². The Morgan fingerprint density at radius 1 is 0.800 bits per heavy atom. The Morgan fingerprint density at radius 2 is 1.28 bits per heavy atom. The Kier molecular flexibility index (Phi) is 6.31. The molecule has 7 nitrogen and oxygen atoms in total. The van der Waals surface area contributed by atoms with E-state index in [9.17, 15) is 16.8 Å². The predicted octanol–water partition coefficient (Wildman–Crippen LogP) is 0.956. The van der Waals surface area contributed by atoms with Gasteiger partial charge < -0.3 is 5.73 Å². The van der Waals surface area contributed by atoms with Crippen LogP contribution in [-0.4, -0.2) is 34.5 Å². The van der Waals surface area contributed by atoms with Crippen LogP contribution in [-0.2, 0) is 33.0 Å². The molecule has 0 aliphatic rings. The van der Waals surface area contributed by atoms with E-state index in [0.29, 0.717) is 19.4 Å². The molecule has 2 rings (SSSR count). The maximum absolute atomic E-state index is 12.2. The van der Waals surface area contributed by atoms with Gasteiger partial charge in [0, 0.05) is 6.54 Å². The van der Waals surface area contributed by atoms with Crippen LogP contribution in [0.1, 0.15) is 11.1 Å². The smallest absolute Gasteiger partial charge is 0.294 e. The van der Waals surface area contributed by atoms with Crippen molar-refractivity contribution in [1.82, 2.24) is 4.72 Å². The summed E-state index contributed by atoms with van der Waals surface area (Å²) in [4.78, 5) is -0.0237. The van der Waals surface area contributed by atoms with Crippen LogP contribution in [0.2, 0.25) is 0 Å². The van der Waals surface area contributed by atoms with E-state index in [1.54, 1.807) is 12.1 Å². The average Bonchev–Trinajstić information content (AvgIpc) is 2.55. The summed E-state index contributed by atoms with van der Waals surface area (Å²) in [5.41, 5.74) is 7.18. The highest BCUT2D eigenvalue weighted by molar-refractivity contribution is 7.89. The molecular formula is C16H20N2O5S2. The second kappa shape index (κ2) is 8.07. The van der Waals surface area contributed by atoms with Crippen molar-refractivity contribution in [3.63, 3.8) is 0 Å². The van der Waals surface area contributed by atoms with Crippen molar-refractivity contribution in [2.75, 3.05) is 13.1 Å². The van der Waals surface area contributed by atoms with Crippen molar-refractivity contribution in [2.24, 2.45) is 5.73 Å². The summed E-state index contributed by atoms with van der Waals surface area (Å²) < 4.78 is 57.8. The summed E-state index contributed by atoms with van der Waals surface area (Å²) in [5.74, 6) is 0. The van der Waals surface area contributed by atoms with Crippen molar-refractivity contribution in [2.45, 2.75) is 22.6 Å². The molecule has 0 heterocycles. The minimum Gasteiger partial charge on any atom is -0.330 e. The van der Waals surface area contributed by atoms with Crippen molar-refractivity contribution in [1.29, 1.82) is 0 Å². The molecule has 4 N–H and O–H groups in total. The SMILES string of the molecule is NCCc1ccc(S(=O)(=O)NCCc2ccc(S(=O)(=O)O)cc2)cc1. The van der Waals surface area contributed by atoms with Crippen LogP contribution in [0.25, 0.3) is 0 Å². The highest BCUT2D eigenvalue weighted by Gasteiger charge is 2.13. The van der Waals surface area contributed by atoms with Gasteiger partial charge in [0.1, 0.15) is 0 Å². The zero-order chi connectivity index (χ0) is 18.5. The Bertz CT molecular complexity index is 906. The molecule has 0 saturated carbocycles. The van der Waals surface area contributed by atoms with E-state index in [2.05, 4.69) is 4.72 Å². The number of benzene rings is 2. The quantitative estimate of drug-likeness (QED) is 0.582. The molecule has 0 unspecified atom stereocenters. The Balaban J connectivity index is 1.95. The number of rotatable bonds is 8. The predicted molar refractivity (Wildman–Crippen MR) is 94.3 cm³/mol. The first-order chi connectivity index (χ1) is 11.7. The summed E-state index contributed by atoms with van der Waals surface area (Å²) in [6.45, 7) is 0.666. The molecule has 9 heteroatoms. The standard InChI is InChI=1S/C16H20N2O5S2/c17-11-9-13-1-5-15(6-2-13)24(19,20)18-12-10-14-3-7-16(8-4-14)25(21,22)23/h1-8,18H,9-12,17H2,(H,21,22,23). The van der Waals surface area contributed by atoms with Gasteiger partial charge in [-0.3, -0.25) is 4.55 Å². The average molecular weight is 384 g/mol. The Hall–Kier alpha value is -1.78. The monoisotopic (exact) mass is 384 g/mol. The molecule has 25 heavy (non-hydrogen) atoms. The van der Waals surface area contributed by atoms with Crippen molar-refractivity contribution >= 4 is 20.1 Å². The van der Waals surface area contributed by atoms with Crippen molar-refractivity contribution < 1.29 is 21.4 Å². The number of nitrogens with one attached hydrogen (secondary N) is 1. The molecule has 0 atom stereocenters. The van der Waals surface area contributed by atoms with E-state index in [1.165, 1.54) is 36.4 Å². The first kappa shape index (κ1) is 19.5. The third kappa shape index (κ3) is 5.62. The first-order valence-electron chi connectivity index (χ1n) is 7.57. The van der Waals surface area contributed by atoms with E-state index in [-0.39, 0.29) is 16.3 Å². The van der Waals surface area contributed by atoms with Gasteiger partial charge in [-0.1, -0.05) is 24.3 Å². The molecule has 0 spiro atoms. The summed E-state index contributed by atoms with van der Waals surface area (Å²) >= 11 is 0. The third-order valence-electron chi connectivity index (χ3n) is 3.59. The van der Waals surface area contributed by atoms with Crippen LogP contribution < -0.4 is 10.5 Å². The van der Waals surface area contributed by atoms with Crippen molar-refractivity contribution in [3.8, 4) is 0 Å². The minimum atomic E-state index is -4.23. The second-order valence-electron chi connectivity index (χ2n) is 5.45. The van der Waals surface area contributed by atoms with Gasteiger partial charge in [0.15, 0.2) is 0 Å². The van der Waals surface area contributed by atoms with Gasteiger partial charge in [0.25, 0.3) is 10.1 Å². The molecule has 2 aromatic carbocycles. The lowest BCUT2D eigenvalue weighted by molar-refractivity contribution is 0.483. The minimum absolute atomic E-state index is 0.165. The van der Waals surface area contributed by atoms with Gasteiger partial charge in [-0.25, -0.2) is 13.1 Å². The molecular weight excluding hydrogens is 364 g/mol. The van der Waals surface area contributed by atoms with E-state index in [4.69, 9.17) is 10.3 Å². The molecule has 0 bridgehead atoms. The topological polar surface area (TPSA) is 127 Å². The van der Waals surface area contributed by atoms with Gasteiger partial charge in [-0.15, -0.1) is 0 Å². The Labute approximate surface area is 147 Å². The maximum Gasteiger partial charge on any atom is 0.294 e. The molecule has 0 aliphatic carbocycles. The van der Waals surface area contributed by atoms with Crippen LogP contribution >= 0.6 is 0 Å². The maximum atomic E-state index is 12.2. The molecule has 0 aromatic heterocycles. The molecule has 0 aliphatic heterocycles. The molecule has 2 aromatic rings. The van der Waals surface area contributed by atoms with Crippen LogP contribution in [0, 0.1) is 0 Å². The molecule has 0 fully saturated rings. The highest BCUT2D eigenvalue weighted by atomic mass is 32.2. The number of nitrogens with two attached hydrogens (primary N) is 1. The van der Waals surface area contributed by atoms with Crippen LogP contribution in [0.3, 0.4) is 0 Å². The van der Waals surface area contributed by atoms with Crippen LogP contribution in [0.5, 0.6) is 0 Å². The largest absolute Gasteiger partial charge is 0.330 e. The highest BCUT2D eigenvalue weighted by Crippen LogP contribution is 2.12. The van der Waals surface area contributed by atoms with E-state index in [0.717, 1.165) is 11.1 Å². The molecule has 0 radical (unpaired) electrons. The van der Waals surface area contributed by atoms with Gasteiger partial charge >= 0.3 is 0 Å². The fourth-order valence-electron chi connectivity index (χ4n) is 2.24. The third-order valence-corrected chi connectivity index (χ3v) is 5.94. The number of hydrogen-bond donors (Lipinski definition) is 3. The summed E-state index contributed by atoms with van der Waals surface area (Å²) in [6.07, 6.45) is 1.07. The number of sulfonamides is 1. The van der Waals surface area contributed by atoms with E-state index in [1.807, 2.05) is 0 Å². The molecule has 0 saturated heterocycles. The summed E-state index contributed by atoms with van der Waals surface area (Å²) in [6, 6.07) is 12.1. The second-order valence-corrected chi connectivity index (χ2v) is 8.64. The van der Waals surface area contributed by atoms with Crippen LogP contribution in [0.4, 0.5) is 0 Å². The fourth-order valence-corrected chi connectivity index (χ4v) is 3.75. The lowest BCUT2D eigenvalue weighted by Crippen LogP contribution is -2.26.